The molecular weight excluding hydrogens is 530 g/mol. The van der Waals surface area contributed by atoms with E-state index in [1.54, 1.807) is 31.9 Å². The standard InChI is InChI=1S/C31H40F2N4O4/c1-7-10-37(11-8-2)31(41)24-13-21(9-3)12-23(17-24)30(40)34-27(16-22-14-25(32)18-26(33)15-22)28(38)19-36(6)35-29(39)20(4)5/h3,12-15,17-18,20,27-28,38H,7-8,10-11,16,19H2,1-2,4-6H3,(H,34,40)(H,35,39). The molecule has 0 bridgehead atoms. The lowest BCUT2D eigenvalue weighted by Gasteiger charge is -2.29. The zero-order chi connectivity index (χ0) is 30.7. The van der Waals surface area contributed by atoms with Crippen LogP contribution < -0.4 is 10.7 Å². The Morgan fingerprint density at radius 1 is 0.976 bits per heavy atom. The smallest absolute Gasteiger partial charge is 0.253 e. The van der Waals surface area contributed by atoms with E-state index in [9.17, 15) is 28.3 Å². The lowest BCUT2D eigenvalue weighted by Crippen LogP contribution is -2.52. The number of hydrazine groups is 1. The van der Waals surface area contributed by atoms with Crippen LogP contribution in [0.3, 0.4) is 0 Å². The van der Waals surface area contributed by atoms with Crippen LogP contribution in [0.1, 0.15) is 72.4 Å². The number of carbonyl (C=O) groups excluding carboxylic acids is 3. The third-order valence-electron chi connectivity index (χ3n) is 6.33. The van der Waals surface area contributed by atoms with Gasteiger partial charge in [-0.3, -0.25) is 19.8 Å². The third kappa shape index (κ3) is 10.3. The SMILES string of the molecule is C#Cc1cc(C(=O)NC(Cc2cc(F)cc(F)c2)C(O)CN(C)NC(=O)C(C)C)cc(C(=O)N(CCC)CCC)c1. The monoisotopic (exact) mass is 570 g/mol. The van der Waals surface area contributed by atoms with Crippen molar-refractivity contribution in [3.63, 3.8) is 0 Å². The molecule has 8 nitrogen and oxygen atoms in total. The fraction of sp³-hybridized carbons (Fsp3) is 0.452. The van der Waals surface area contributed by atoms with Gasteiger partial charge in [0.25, 0.3) is 11.8 Å². The normalized spacial score (nSPS) is 12.5. The lowest BCUT2D eigenvalue weighted by molar-refractivity contribution is -0.129. The summed E-state index contributed by atoms with van der Waals surface area (Å²) in [6, 6.07) is 6.38. The van der Waals surface area contributed by atoms with Gasteiger partial charge < -0.3 is 15.3 Å². The molecule has 0 heterocycles. The highest BCUT2D eigenvalue weighted by atomic mass is 19.1. The topological polar surface area (TPSA) is 102 Å². The number of carbonyl (C=O) groups is 3. The minimum atomic E-state index is -1.26. The van der Waals surface area contributed by atoms with Crippen molar-refractivity contribution in [1.82, 2.24) is 20.7 Å². The van der Waals surface area contributed by atoms with Gasteiger partial charge in [0.1, 0.15) is 11.6 Å². The summed E-state index contributed by atoms with van der Waals surface area (Å²) in [6.07, 6.45) is 5.77. The summed E-state index contributed by atoms with van der Waals surface area (Å²) >= 11 is 0. The van der Waals surface area contributed by atoms with Gasteiger partial charge >= 0.3 is 0 Å². The van der Waals surface area contributed by atoms with Crippen LogP contribution in [-0.2, 0) is 11.2 Å². The van der Waals surface area contributed by atoms with Crippen molar-refractivity contribution < 1.29 is 28.3 Å². The molecule has 0 saturated heterocycles. The molecule has 222 valence electrons. The van der Waals surface area contributed by atoms with E-state index in [2.05, 4.69) is 16.7 Å². The highest BCUT2D eigenvalue weighted by molar-refractivity contribution is 6.00. The zero-order valence-electron chi connectivity index (χ0n) is 24.3. The minimum absolute atomic E-state index is 0.0980. The summed E-state index contributed by atoms with van der Waals surface area (Å²) in [4.78, 5) is 40.5. The van der Waals surface area contributed by atoms with E-state index in [-0.39, 0.29) is 47.4 Å². The second kappa shape index (κ2) is 15.8. The largest absolute Gasteiger partial charge is 0.390 e. The highest BCUT2D eigenvalue weighted by Gasteiger charge is 2.26. The Labute approximate surface area is 241 Å². The van der Waals surface area contributed by atoms with Gasteiger partial charge in [0.15, 0.2) is 0 Å². The second-order valence-electron chi connectivity index (χ2n) is 10.4. The maximum Gasteiger partial charge on any atom is 0.253 e. The van der Waals surface area contributed by atoms with Crippen molar-refractivity contribution in [1.29, 1.82) is 0 Å². The number of terminal acetylenes is 1. The van der Waals surface area contributed by atoms with Gasteiger partial charge in [-0.1, -0.05) is 33.6 Å². The van der Waals surface area contributed by atoms with Crippen molar-refractivity contribution in [2.45, 2.75) is 59.1 Å². The molecule has 3 amide bonds. The van der Waals surface area contributed by atoms with Crippen molar-refractivity contribution in [3.8, 4) is 12.3 Å². The van der Waals surface area contributed by atoms with Crippen LogP contribution in [-0.4, -0.2) is 71.6 Å². The van der Waals surface area contributed by atoms with E-state index in [0.717, 1.165) is 31.0 Å². The average Bonchev–Trinajstić information content (AvgIpc) is 2.91. The number of aliphatic hydroxyl groups is 1. The number of rotatable bonds is 14. The maximum absolute atomic E-state index is 13.9. The third-order valence-corrected chi connectivity index (χ3v) is 6.33. The Hall–Kier alpha value is -3.81. The molecule has 0 saturated carbocycles. The van der Waals surface area contributed by atoms with Crippen molar-refractivity contribution in [2.24, 2.45) is 5.92 Å². The molecule has 3 N–H and O–H groups in total. The van der Waals surface area contributed by atoms with E-state index in [1.807, 2.05) is 13.8 Å². The average molecular weight is 571 g/mol. The van der Waals surface area contributed by atoms with Crippen molar-refractivity contribution in [2.75, 3.05) is 26.7 Å². The number of likely N-dealkylation sites (N-methyl/N-ethyl adjacent to an activating group) is 1. The number of nitrogens with zero attached hydrogens (tertiary/aromatic N) is 2. The highest BCUT2D eigenvalue weighted by Crippen LogP contribution is 2.16. The molecule has 0 aliphatic carbocycles. The number of nitrogens with one attached hydrogen (secondary N) is 2. The lowest BCUT2D eigenvalue weighted by atomic mass is 9.99. The molecule has 0 fully saturated rings. The first-order chi connectivity index (χ1) is 19.4. The van der Waals surface area contributed by atoms with E-state index in [4.69, 9.17) is 6.42 Å². The summed E-state index contributed by atoms with van der Waals surface area (Å²) in [7, 11) is 1.55. The van der Waals surface area contributed by atoms with Crippen molar-refractivity contribution >= 4 is 17.7 Å². The predicted molar refractivity (Wildman–Crippen MR) is 154 cm³/mol. The summed E-state index contributed by atoms with van der Waals surface area (Å²) in [6.45, 7) is 8.37. The van der Waals surface area contributed by atoms with E-state index >= 15 is 0 Å². The first-order valence-corrected chi connectivity index (χ1v) is 13.7. The predicted octanol–water partition coefficient (Wildman–Crippen LogP) is 3.53. The number of aliphatic hydroxyl groups excluding tert-OH is 1. The Bertz CT molecular complexity index is 1230. The molecule has 0 radical (unpaired) electrons. The van der Waals surface area contributed by atoms with Crippen LogP contribution in [0.15, 0.2) is 36.4 Å². The zero-order valence-corrected chi connectivity index (χ0v) is 24.3. The molecule has 41 heavy (non-hydrogen) atoms. The van der Waals surface area contributed by atoms with Crippen LogP contribution in [0.5, 0.6) is 0 Å². The molecule has 0 aromatic heterocycles. The molecule has 0 spiro atoms. The Morgan fingerprint density at radius 2 is 1.56 bits per heavy atom. The number of hydrogen-bond acceptors (Lipinski definition) is 5. The summed E-state index contributed by atoms with van der Waals surface area (Å²) in [5.74, 6) is -0.580. The van der Waals surface area contributed by atoms with E-state index in [0.29, 0.717) is 18.7 Å². The van der Waals surface area contributed by atoms with Gasteiger partial charge in [-0.15, -0.1) is 6.42 Å². The van der Waals surface area contributed by atoms with E-state index < -0.39 is 29.7 Å². The number of halogens is 2. The first-order valence-electron chi connectivity index (χ1n) is 13.7. The Morgan fingerprint density at radius 3 is 2.10 bits per heavy atom. The molecule has 0 aliphatic heterocycles. The van der Waals surface area contributed by atoms with Crippen LogP contribution in [0, 0.1) is 29.9 Å². The molecule has 2 unspecified atom stereocenters. The number of amides is 3. The minimum Gasteiger partial charge on any atom is -0.390 e. The fourth-order valence-electron chi connectivity index (χ4n) is 4.29. The molecular formula is C31H40F2N4O4. The van der Waals surface area contributed by atoms with Crippen LogP contribution in [0.4, 0.5) is 8.78 Å². The van der Waals surface area contributed by atoms with Gasteiger partial charge in [-0.05, 0) is 55.2 Å². The van der Waals surface area contributed by atoms with E-state index in [1.165, 1.54) is 17.1 Å². The molecule has 0 aliphatic rings. The van der Waals surface area contributed by atoms with Crippen LogP contribution in [0.25, 0.3) is 0 Å². The van der Waals surface area contributed by atoms with Crippen LogP contribution in [0.2, 0.25) is 0 Å². The summed E-state index contributed by atoms with van der Waals surface area (Å²) in [5, 5.41) is 15.2. The summed E-state index contributed by atoms with van der Waals surface area (Å²) < 4.78 is 27.8. The molecule has 10 heteroatoms. The van der Waals surface area contributed by atoms with Gasteiger partial charge in [0.05, 0.1) is 12.1 Å². The van der Waals surface area contributed by atoms with Gasteiger partial charge in [-0.25, -0.2) is 13.8 Å². The second-order valence-corrected chi connectivity index (χ2v) is 10.4. The maximum atomic E-state index is 13.9. The molecule has 2 atom stereocenters. The first kappa shape index (κ1) is 33.4. The Balaban J connectivity index is 2.38. The molecule has 2 aromatic rings. The van der Waals surface area contributed by atoms with Gasteiger partial charge in [0.2, 0.25) is 5.91 Å². The van der Waals surface area contributed by atoms with Gasteiger partial charge in [0, 0.05) is 55.4 Å². The number of hydrogen-bond donors (Lipinski definition) is 3. The van der Waals surface area contributed by atoms with Crippen molar-refractivity contribution in [3.05, 3.63) is 70.3 Å². The quantitative estimate of drug-likeness (QED) is 0.238. The molecule has 2 aromatic carbocycles. The fourth-order valence-corrected chi connectivity index (χ4v) is 4.29. The molecule has 2 rings (SSSR count). The summed E-state index contributed by atoms with van der Waals surface area (Å²) in [5.41, 5.74) is 3.53. The van der Waals surface area contributed by atoms with Crippen LogP contribution >= 0.6 is 0 Å². The van der Waals surface area contributed by atoms with Gasteiger partial charge in [-0.2, -0.15) is 0 Å². The Kier molecular flexibility index (Phi) is 12.9. The number of benzene rings is 2.